The third-order valence-electron chi connectivity index (χ3n) is 2.74. The zero-order valence-corrected chi connectivity index (χ0v) is 10.6. The molecule has 1 aromatic carbocycles. The second-order valence-electron chi connectivity index (χ2n) is 4.17. The van der Waals surface area contributed by atoms with Gasteiger partial charge in [-0.3, -0.25) is 0 Å². The summed E-state index contributed by atoms with van der Waals surface area (Å²) >= 11 is 0. The molecule has 21 heavy (non-hydrogen) atoms. The summed E-state index contributed by atoms with van der Waals surface area (Å²) < 4.78 is 38.4. The van der Waals surface area contributed by atoms with Gasteiger partial charge in [0.05, 0.1) is 11.3 Å². The van der Waals surface area contributed by atoms with Gasteiger partial charge in [-0.15, -0.1) is 0 Å². The van der Waals surface area contributed by atoms with Crippen LogP contribution in [0.1, 0.15) is 11.1 Å². The number of hydrogen-bond acceptors (Lipinski definition) is 4. The number of nitro groups is 1. The van der Waals surface area contributed by atoms with Crippen LogP contribution >= 0.6 is 0 Å². The molecule has 2 rings (SSSR count). The van der Waals surface area contributed by atoms with Gasteiger partial charge in [0.15, 0.2) is 6.20 Å². The number of alkyl halides is 3. The average Bonchev–Trinajstić information content (AvgIpc) is 2.45. The molecular weight excluding hydrogens is 287 g/mol. The molecule has 0 aliphatic heterocycles. The van der Waals surface area contributed by atoms with Crippen LogP contribution in [0, 0.1) is 10.1 Å². The van der Waals surface area contributed by atoms with Gasteiger partial charge >= 0.3 is 12.0 Å². The van der Waals surface area contributed by atoms with Crippen molar-refractivity contribution in [3.05, 3.63) is 63.8 Å². The van der Waals surface area contributed by atoms with E-state index in [1.165, 1.54) is 36.5 Å². The van der Waals surface area contributed by atoms with Gasteiger partial charge in [-0.25, -0.2) is 0 Å². The highest BCUT2D eigenvalue weighted by molar-refractivity contribution is 5.44. The first-order chi connectivity index (χ1) is 9.88. The summed E-state index contributed by atoms with van der Waals surface area (Å²) in [4.78, 5) is 13.4. The number of rotatable bonds is 4. The fourth-order valence-electron chi connectivity index (χ4n) is 1.75. The Morgan fingerprint density at radius 2 is 1.90 bits per heavy atom. The molecule has 1 heterocycles. The van der Waals surface area contributed by atoms with E-state index in [0.717, 1.165) is 6.07 Å². The molecule has 0 aliphatic carbocycles. The van der Waals surface area contributed by atoms with Crippen molar-refractivity contribution >= 4 is 11.5 Å². The number of pyridine rings is 1. The fraction of sp³-hybridized carbons (Fsp3) is 0.154. The Balaban J connectivity index is 2.12. The van der Waals surface area contributed by atoms with E-state index in [9.17, 15) is 23.3 Å². The van der Waals surface area contributed by atoms with Gasteiger partial charge in [0, 0.05) is 12.6 Å². The maximum atomic E-state index is 12.8. The Hall–Kier alpha value is -2.64. The zero-order valence-electron chi connectivity index (χ0n) is 10.6. The number of nitrogens with one attached hydrogen (secondary N) is 1. The summed E-state index contributed by atoms with van der Waals surface area (Å²) in [6.07, 6.45) is -3.22. The first-order valence-electron chi connectivity index (χ1n) is 5.87. The molecule has 0 aliphatic rings. The lowest BCUT2D eigenvalue weighted by molar-refractivity contribution is -0.389. The van der Waals surface area contributed by atoms with Crippen molar-refractivity contribution in [3.63, 3.8) is 0 Å². The molecular formula is C13H10F3N3O2. The number of hydrogen-bond donors (Lipinski definition) is 1. The van der Waals surface area contributed by atoms with Crippen LogP contribution in [0.2, 0.25) is 0 Å². The summed E-state index contributed by atoms with van der Waals surface area (Å²) in [5.74, 6) is -0.323. The molecule has 0 unspecified atom stereocenters. The highest BCUT2D eigenvalue weighted by atomic mass is 19.4. The van der Waals surface area contributed by atoms with E-state index in [2.05, 4.69) is 10.3 Å². The Morgan fingerprint density at radius 1 is 1.19 bits per heavy atom. The third-order valence-corrected chi connectivity index (χ3v) is 2.74. The lowest BCUT2D eigenvalue weighted by Gasteiger charge is -2.13. The van der Waals surface area contributed by atoms with Gasteiger partial charge in [-0.1, -0.05) is 18.2 Å². The SMILES string of the molecule is O=[N+]([O-])c1ccc(NCc2ccccc2C(F)(F)F)cn1. The molecule has 0 saturated heterocycles. The average molecular weight is 297 g/mol. The van der Waals surface area contributed by atoms with Crippen LogP contribution < -0.4 is 5.32 Å². The van der Waals surface area contributed by atoms with Crippen LogP contribution in [0.5, 0.6) is 0 Å². The molecule has 1 N–H and O–H groups in total. The quantitative estimate of drug-likeness (QED) is 0.691. The predicted molar refractivity (Wildman–Crippen MR) is 69.7 cm³/mol. The molecule has 0 amide bonds. The highest BCUT2D eigenvalue weighted by Gasteiger charge is 2.32. The molecule has 0 saturated carbocycles. The van der Waals surface area contributed by atoms with E-state index in [0.29, 0.717) is 5.69 Å². The Kier molecular flexibility index (Phi) is 4.06. The minimum Gasteiger partial charge on any atom is -0.378 e. The second-order valence-corrected chi connectivity index (χ2v) is 4.17. The van der Waals surface area contributed by atoms with Crippen molar-refractivity contribution in [2.24, 2.45) is 0 Å². The molecule has 0 atom stereocenters. The Bertz CT molecular complexity index is 642. The number of benzene rings is 1. The topological polar surface area (TPSA) is 68.1 Å². The number of anilines is 1. The van der Waals surface area contributed by atoms with E-state index in [1.807, 2.05) is 0 Å². The summed E-state index contributed by atoms with van der Waals surface area (Å²) in [5.41, 5.74) is -0.228. The van der Waals surface area contributed by atoms with E-state index in [1.54, 1.807) is 0 Å². The van der Waals surface area contributed by atoms with Gasteiger partial charge in [0.2, 0.25) is 0 Å². The van der Waals surface area contributed by atoms with Crippen LogP contribution in [-0.2, 0) is 12.7 Å². The molecule has 1 aromatic heterocycles. The summed E-state index contributed by atoms with van der Waals surface area (Å²) in [7, 11) is 0. The predicted octanol–water partition coefficient (Wildman–Crippen LogP) is 3.62. The van der Waals surface area contributed by atoms with Crippen LogP contribution in [0.15, 0.2) is 42.6 Å². The normalized spacial score (nSPS) is 11.2. The molecule has 0 fully saturated rings. The van der Waals surface area contributed by atoms with Crippen molar-refractivity contribution < 1.29 is 18.1 Å². The first kappa shape index (κ1) is 14.8. The largest absolute Gasteiger partial charge is 0.416 e. The van der Waals surface area contributed by atoms with E-state index in [4.69, 9.17) is 0 Å². The maximum Gasteiger partial charge on any atom is 0.416 e. The molecule has 0 radical (unpaired) electrons. The van der Waals surface area contributed by atoms with Crippen LogP contribution in [0.3, 0.4) is 0 Å². The Morgan fingerprint density at radius 3 is 2.48 bits per heavy atom. The number of nitrogens with zero attached hydrogens (tertiary/aromatic N) is 2. The standard InChI is InChI=1S/C13H10F3N3O2/c14-13(15,16)11-4-2-1-3-9(11)7-17-10-5-6-12(18-8-10)19(20)21/h1-6,8,17H,7H2. The monoisotopic (exact) mass is 297 g/mol. The minimum atomic E-state index is -4.42. The minimum absolute atomic E-state index is 0.0603. The van der Waals surface area contributed by atoms with Crippen LogP contribution in [-0.4, -0.2) is 9.91 Å². The Labute approximate surface area is 117 Å². The molecule has 0 spiro atoms. The highest BCUT2D eigenvalue weighted by Crippen LogP contribution is 2.32. The van der Waals surface area contributed by atoms with E-state index in [-0.39, 0.29) is 17.9 Å². The van der Waals surface area contributed by atoms with Crippen molar-refractivity contribution in [2.75, 3.05) is 5.32 Å². The first-order valence-corrected chi connectivity index (χ1v) is 5.87. The fourth-order valence-corrected chi connectivity index (χ4v) is 1.75. The van der Waals surface area contributed by atoms with Crippen molar-refractivity contribution in [1.29, 1.82) is 0 Å². The molecule has 5 nitrogen and oxygen atoms in total. The smallest absolute Gasteiger partial charge is 0.378 e. The van der Waals surface area contributed by atoms with E-state index >= 15 is 0 Å². The molecule has 110 valence electrons. The van der Waals surface area contributed by atoms with Crippen molar-refractivity contribution in [2.45, 2.75) is 12.7 Å². The molecule has 0 bridgehead atoms. The lowest BCUT2D eigenvalue weighted by Crippen LogP contribution is -2.11. The van der Waals surface area contributed by atoms with Gasteiger partial charge in [-0.2, -0.15) is 13.2 Å². The lowest BCUT2D eigenvalue weighted by atomic mass is 10.1. The maximum absolute atomic E-state index is 12.8. The molecule has 8 heteroatoms. The number of halogens is 3. The van der Waals surface area contributed by atoms with E-state index < -0.39 is 16.7 Å². The summed E-state index contributed by atoms with van der Waals surface area (Å²) in [6.45, 7) is -0.0603. The van der Waals surface area contributed by atoms with Crippen molar-refractivity contribution in [3.8, 4) is 0 Å². The van der Waals surface area contributed by atoms with Crippen LogP contribution in [0.4, 0.5) is 24.7 Å². The van der Waals surface area contributed by atoms with Gasteiger partial charge in [-0.05, 0) is 27.6 Å². The van der Waals surface area contributed by atoms with Gasteiger partial charge in [0.25, 0.3) is 0 Å². The summed E-state index contributed by atoms with van der Waals surface area (Å²) in [5, 5.41) is 13.2. The zero-order chi connectivity index (χ0) is 15.5. The number of aromatic nitrogens is 1. The third kappa shape index (κ3) is 3.68. The van der Waals surface area contributed by atoms with Gasteiger partial charge < -0.3 is 15.4 Å². The molecule has 2 aromatic rings. The van der Waals surface area contributed by atoms with Crippen molar-refractivity contribution in [1.82, 2.24) is 4.98 Å². The van der Waals surface area contributed by atoms with Crippen LogP contribution in [0.25, 0.3) is 0 Å². The van der Waals surface area contributed by atoms with Gasteiger partial charge in [0.1, 0.15) is 0 Å². The second kappa shape index (κ2) is 5.78. The summed E-state index contributed by atoms with van der Waals surface area (Å²) in [6, 6.07) is 7.78.